The molecule has 2 aromatic heterocycles. The summed E-state index contributed by atoms with van der Waals surface area (Å²) in [6.07, 6.45) is 1.64. The van der Waals surface area contributed by atoms with E-state index in [2.05, 4.69) is 20.7 Å². The second-order valence-electron chi connectivity index (χ2n) is 8.46. The van der Waals surface area contributed by atoms with E-state index in [0.29, 0.717) is 0 Å². The van der Waals surface area contributed by atoms with E-state index in [1.165, 1.54) is 29.3 Å². The van der Waals surface area contributed by atoms with Crippen molar-refractivity contribution in [2.24, 2.45) is 0 Å². The Morgan fingerprint density at radius 1 is 1.00 bits per heavy atom. The molecule has 5 rings (SSSR count). The molecular formula is C25H23F3N4O3. The molecule has 0 saturated carbocycles. The van der Waals surface area contributed by atoms with Gasteiger partial charge in [0.25, 0.3) is 0 Å². The molecule has 4 aromatic rings. The van der Waals surface area contributed by atoms with Gasteiger partial charge in [-0.05, 0) is 67.3 Å². The highest BCUT2D eigenvalue weighted by Gasteiger charge is 2.31. The summed E-state index contributed by atoms with van der Waals surface area (Å²) in [7, 11) is 0. The zero-order chi connectivity index (χ0) is 24.6. The number of hydrogen-bond acceptors (Lipinski definition) is 5. The molecule has 0 aliphatic carbocycles. The maximum atomic E-state index is 13.2. The molecule has 7 nitrogen and oxygen atoms in total. The number of fused-ring (bicyclic) bond motifs is 1. The molecule has 182 valence electrons. The van der Waals surface area contributed by atoms with E-state index in [9.17, 15) is 23.1 Å². The van der Waals surface area contributed by atoms with Crippen molar-refractivity contribution in [3.8, 4) is 17.3 Å². The molecule has 2 aromatic carbocycles. The first kappa shape index (κ1) is 22.8. The van der Waals surface area contributed by atoms with Gasteiger partial charge in [-0.25, -0.2) is 9.36 Å². The molecule has 0 bridgehead atoms. The van der Waals surface area contributed by atoms with Gasteiger partial charge in [-0.3, -0.25) is 9.55 Å². The first-order valence-corrected chi connectivity index (χ1v) is 11.3. The topological polar surface area (TPSA) is 72.5 Å². The van der Waals surface area contributed by atoms with Crippen molar-refractivity contribution in [3.63, 3.8) is 0 Å². The van der Waals surface area contributed by atoms with Crippen molar-refractivity contribution in [1.82, 2.24) is 14.1 Å². The van der Waals surface area contributed by atoms with Crippen LogP contribution in [0.25, 0.3) is 16.6 Å². The van der Waals surface area contributed by atoms with Gasteiger partial charge >= 0.3 is 12.1 Å². The molecule has 0 atom stereocenters. The lowest BCUT2D eigenvalue weighted by Gasteiger charge is -2.30. The fraction of sp³-hybridized carbons (Fsp3) is 0.280. The van der Waals surface area contributed by atoms with Gasteiger partial charge in [0.2, 0.25) is 5.88 Å². The molecule has 0 spiro atoms. The predicted octanol–water partition coefficient (Wildman–Crippen LogP) is 4.83. The van der Waals surface area contributed by atoms with Crippen LogP contribution < -0.4 is 15.3 Å². The molecule has 1 aliphatic heterocycles. The van der Waals surface area contributed by atoms with E-state index in [0.717, 1.165) is 64.8 Å². The van der Waals surface area contributed by atoms with Gasteiger partial charge in [0.1, 0.15) is 5.75 Å². The van der Waals surface area contributed by atoms with Crippen molar-refractivity contribution in [3.05, 3.63) is 77.0 Å². The van der Waals surface area contributed by atoms with Gasteiger partial charge in [-0.2, -0.15) is 0 Å². The summed E-state index contributed by atoms with van der Waals surface area (Å²) in [4.78, 5) is 20.0. The highest BCUT2D eigenvalue weighted by Crippen LogP contribution is 2.31. The van der Waals surface area contributed by atoms with E-state index in [4.69, 9.17) is 0 Å². The Morgan fingerprint density at radius 3 is 2.46 bits per heavy atom. The molecule has 0 unspecified atom stereocenters. The normalized spacial score (nSPS) is 14.4. The average molecular weight is 484 g/mol. The lowest BCUT2D eigenvalue weighted by Crippen LogP contribution is -2.29. The minimum Gasteiger partial charge on any atom is -0.493 e. The summed E-state index contributed by atoms with van der Waals surface area (Å²) < 4.78 is 43.6. The molecule has 35 heavy (non-hydrogen) atoms. The first-order chi connectivity index (χ1) is 16.8. The third-order valence-corrected chi connectivity index (χ3v) is 6.13. The van der Waals surface area contributed by atoms with Crippen molar-refractivity contribution in [1.29, 1.82) is 0 Å². The van der Waals surface area contributed by atoms with E-state index in [-0.39, 0.29) is 18.1 Å². The number of pyridine rings is 1. The number of hydrogen-bond donors (Lipinski definition) is 1. The number of aromatic nitrogens is 3. The Balaban J connectivity index is 1.50. The Kier molecular flexibility index (Phi) is 5.88. The van der Waals surface area contributed by atoms with Gasteiger partial charge in [-0.1, -0.05) is 6.07 Å². The second kappa shape index (κ2) is 9.01. The van der Waals surface area contributed by atoms with Crippen LogP contribution in [0.1, 0.15) is 24.8 Å². The molecule has 0 radical (unpaired) electrons. The maximum absolute atomic E-state index is 13.2. The van der Waals surface area contributed by atoms with Crippen LogP contribution in [-0.2, 0) is 6.54 Å². The fourth-order valence-corrected chi connectivity index (χ4v) is 4.60. The zero-order valence-corrected chi connectivity index (χ0v) is 18.7. The minimum absolute atomic E-state index is 0.193. The standard InChI is InChI=1S/C25H23F3N4O3/c26-25(27,28)35-19-9-7-18(8-10-19)32-22(33)16-31(24(32)34)15-17-11-12-29-20-5-4-6-21(23(17)20)30-13-2-1-3-14-30/h4-12,16,33H,1-3,13-15H2. The SMILES string of the molecule is O=c1n(Cc2ccnc3cccc(N4CCCCC4)c23)cc(O)n1-c1ccc(OC(F)(F)F)cc1. The van der Waals surface area contributed by atoms with Crippen LogP contribution in [0, 0.1) is 0 Å². The van der Waals surface area contributed by atoms with Crippen LogP contribution in [0.15, 0.2) is 65.7 Å². The molecule has 1 saturated heterocycles. The smallest absolute Gasteiger partial charge is 0.493 e. The third-order valence-electron chi connectivity index (χ3n) is 6.13. The third kappa shape index (κ3) is 4.68. The van der Waals surface area contributed by atoms with Crippen LogP contribution in [0.4, 0.5) is 18.9 Å². The average Bonchev–Trinajstić information content (AvgIpc) is 3.11. The molecule has 1 fully saturated rings. The van der Waals surface area contributed by atoms with Crippen LogP contribution in [-0.4, -0.2) is 38.7 Å². The zero-order valence-electron chi connectivity index (χ0n) is 18.7. The largest absolute Gasteiger partial charge is 0.573 e. The molecule has 1 aliphatic rings. The summed E-state index contributed by atoms with van der Waals surface area (Å²) in [6.45, 7) is 2.11. The van der Waals surface area contributed by atoms with Crippen molar-refractivity contribution >= 4 is 16.6 Å². The van der Waals surface area contributed by atoms with E-state index in [1.807, 2.05) is 18.2 Å². The monoisotopic (exact) mass is 484 g/mol. The quantitative estimate of drug-likeness (QED) is 0.439. The first-order valence-electron chi connectivity index (χ1n) is 11.3. The maximum Gasteiger partial charge on any atom is 0.573 e. The summed E-state index contributed by atoms with van der Waals surface area (Å²) in [5.41, 5.74) is 2.47. The Hall–Kier alpha value is -3.95. The second-order valence-corrected chi connectivity index (χ2v) is 8.46. The summed E-state index contributed by atoms with van der Waals surface area (Å²) in [6, 6.07) is 12.6. The number of halogens is 3. The Labute approximate surface area is 198 Å². The molecule has 1 N–H and O–H groups in total. The molecular weight excluding hydrogens is 461 g/mol. The highest BCUT2D eigenvalue weighted by atomic mass is 19.4. The highest BCUT2D eigenvalue weighted by molar-refractivity contribution is 5.94. The van der Waals surface area contributed by atoms with Crippen LogP contribution in [0.2, 0.25) is 0 Å². The summed E-state index contributed by atoms with van der Waals surface area (Å²) in [5, 5.41) is 11.4. The van der Waals surface area contributed by atoms with Gasteiger partial charge in [-0.15, -0.1) is 13.2 Å². The number of aromatic hydroxyl groups is 1. The minimum atomic E-state index is -4.82. The van der Waals surface area contributed by atoms with Crippen molar-refractivity contribution in [2.45, 2.75) is 32.2 Å². The molecule has 0 amide bonds. The van der Waals surface area contributed by atoms with Crippen LogP contribution >= 0.6 is 0 Å². The van der Waals surface area contributed by atoms with Gasteiger partial charge < -0.3 is 14.7 Å². The van der Waals surface area contributed by atoms with Crippen molar-refractivity contribution in [2.75, 3.05) is 18.0 Å². The van der Waals surface area contributed by atoms with E-state index >= 15 is 0 Å². The molecule has 10 heteroatoms. The number of imidazole rings is 1. The summed E-state index contributed by atoms with van der Waals surface area (Å²) in [5.74, 6) is -0.740. The summed E-state index contributed by atoms with van der Waals surface area (Å²) >= 11 is 0. The van der Waals surface area contributed by atoms with Crippen molar-refractivity contribution < 1.29 is 23.0 Å². The number of anilines is 1. The number of benzene rings is 2. The van der Waals surface area contributed by atoms with Crippen LogP contribution in [0.3, 0.4) is 0 Å². The van der Waals surface area contributed by atoms with Gasteiger partial charge in [0.15, 0.2) is 0 Å². The van der Waals surface area contributed by atoms with E-state index < -0.39 is 17.8 Å². The Morgan fingerprint density at radius 2 is 1.74 bits per heavy atom. The van der Waals surface area contributed by atoms with Crippen LogP contribution in [0.5, 0.6) is 11.6 Å². The predicted molar refractivity (Wildman–Crippen MR) is 125 cm³/mol. The molecule has 3 heterocycles. The van der Waals surface area contributed by atoms with E-state index in [1.54, 1.807) is 6.20 Å². The number of ether oxygens (including phenoxy) is 1. The van der Waals surface area contributed by atoms with Gasteiger partial charge in [0, 0.05) is 30.4 Å². The number of piperidine rings is 1. The number of rotatable bonds is 5. The number of alkyl halides is 3. The lowest BCUT2D eigenvalue weighted by molar-refractivity contribution is -0.274. The fourth-order valence-electron chi connectivity index (χ4n) is 4.60. The number of nitrogens with zero attached hydrogens (tertiary/aromatic N) is 4. The Bertz CT molecular complexity index is 1400. The van der Waals surface area contributed by atoms with Gasteiger partial charge in [0.05, 0.1) is 23.9 Å². The lowest BCUT2D eigenvalue weighted by atomic mass is 10.0.